The van der Waals surface area contributed by atoms with Gasteiger partial charge in [-0.1, -0.05) is 42.5 Å². The predicted molar refractivity (Wildman–Crippen MR) is 83.0 cm³/mol. The zero-order valence-electron chi connectivity index (χ0n) is 11.2. The third-order valence-electron chi connectivity index (χ3n) is 4.19. The Morgan fingerprint density at radius 3 is 2.62 bits per heavy atom. The van der Waals surface area contributed by atoms with E-state index in [2.05, 4.69) is 35.3 Å². The molecule has 4 rings (SSSR count). The SMILES string of the molecule is O=C(O)c1csc(C2(c3cccc4ccccc34)CC2)n1. The fourth-order valence-electron chi connectivity index (χ4n) is 2.96. The minimum atomic E-state index is -0.953. The molecule has 0 unspecified atom stereocenters. The van der Waals surface area contributed by atoms with Crippen molar-refractivity contribution in [2.45, 2.75) is 18.3 Å². The molecular formula is C17H13NO2S. The normalized spacial score (nSPS) is 16.0. The lowest BCUT2D eigenvalue weighted by Crippen LogP contribution is -2.10. The van der Waals surface area contributed by atoms with Crippen LogP contribution >= 0.6 is 11.3 Å². The second kappa shape index (κ2) is 4.40. The van der Waals surface area contributed by atoms with Gasteiger partial charge < -0.3 is 5.11 Å². The lowest BCUT2D eigenvalue weighted by atomic mass is 9.91. The van der Waals surface area contributed by atoms with Crippen molar-refractivity contribution in [3.63, 3.8) is 0 Å². The van der Waals surface area contributed by atoms with Crippen LogP contribution < -0.4 is 0 Å². The Labute approximate surface area is 125 Å². The van der Waals surface area contributed by atoms with Crippen molar-refractivity contribution in [3.8, 4) is 0 Å². The highest BCUT2D eigenvalue weighted by molar-refractivity contribution is 7.10. The maximum Gasteiger partial charge on any atom is 0.355 e. The predicted octanol–water partition coefficient (Wildman–Crippen LogP) is 4.07. The van der Waals surface area contributed by atoms with Crippen LogP contribution in [-0.4, -0.2) is 16.1 Å². The first-order chi connectivity index (χ1) is 10.2. The zero-order valence-corrected chi connectivity index (χ0v) is 12.1. The van der Waals surface area contributed by atoms with Gasteiger partial charge in [0.15, 0.2) is 5.69 Å². The van der Waals surface area contributed by atoms with E-state index in [1.54, 1.807) is 5.38 Å². The van der Waals surface area contributed by atoms with Gasteiger partial charge in [0.1, 0.15) is 5.01 Å². The van der Waals surface area contributed by atoms with Crippen LogP contribution in [0.1, 0.15) is 33.9 Å². The number of thiazole rings is 1. The number of hydrogen-bond acceptors (Lipinski definition) is 3. The van der Waals surface area contributed by atoms with Gasteiger partial charge in [0.05, 0.1) is 0 Å². The molecule has 1 aliphatic carbocycles. The standard InChI is InChI=1S/C17H13NO2S/c19-15(20)14-10-21-16(18-14)17(8-9-17)13-7-3-5-11-4-1-2-6-12(11)13/h1-7,10H,8-9H2,(H,19,20). The van der Waals surface area contributed by atoms with E-state index in [4.69, 9.17) is 5.11 Å². The van der Waals surface area contributed by atoms with Crippen molar-refractivity contribution in [2.24, 2.45) is 0 Å². The molecule has 3 aromatic rings. The van der Waals surface area contributed by atoms with Crippen LogP contribution in [0.3, 0.4) is 0 Å². The molecule has 0 atom stereocenters. The number of aromatic nitrogens is 1. The lowest BCUT2D eigenvalue weighted by Gasteiger charge is -2.15. The molecule has 2 aromatic carbocycles. The molecule has 0 amide bonds. The summed E-state index contributed by atoms with van der Waals surface area (Å²) in [5, 5.41) is 14.1. The summed E-state index contributed by atoms with van der Waals surface area (Å²) in [5.41, 5.74) is 1.34. The Balaban J connectivity index is 1.89. The van der Waals surface area contributed by atoms with Gasteiger partial charge in [-0.25, -0.2) is 9.78 Å². The summed E-state index contributed by atoms with van der Waals surface area (Å²) in [5.74, 6) is -0.953. The highest BCUT2D eigenvalue weighted by Gasteiger charge is 2.49. The number of nitrogens with zero attached hydrogens (tertiary/aromatic N) is 1. The first-order valence-electron chi connectivity index (χ1n) is 6.88. The summed E-state index contributed by atoms with van der Waals surface area (Å²) < 4.78 is 0. The molecule has 4 heteroatoms. The maximum atomic E-state index is 11.1. The summed E-state index contributed by atoms with van der Waals surface area (Å²) in [6.45, 7) is 0. The van der Waals surface area contributed by atoms with E-state index in [0.717, 1.165) is 17.8 Å². The molecule has 1 N–H and O–H groups in total. The van der Waals surface area contributed by atoms with Crippen molar-refractivity contribution in [2.75, 3.05) is 0 Å². The summed E-state index contributed by atoms with van der Waals surface area (Å²) >= 11 is 1.46. The Kier molecular flexibility index (Phi) is 2.62. The van der Waals surface area contributed by atoms with Crippen LogP contribution in [0.4, 0.5) is 0 Å². The third-order valence-corrected chi connectivity index (χ3v) is 5.23. The molecule has 0 bridgehead atoms. The van der Waals surface area contributed by atoms with E-state index in [0.29, 0.717) is 0 Å². The zero-order chi connectivity index (χ0) is 14.4. The van der Waals surface area contributed by atoms with Crippen LogP contribution in [0.2, 0.25) is 0 Å². The van der Waals surface area contributed by atoms with Crippen LogP contribution in [-0.2, 0) is 5.41 Å². The number of carbonyl (C=O) groups is 1. The minimum Gasteiger partial charge on any atom is -0.476 e. The molecule has 1 heterocycles. The van der Waals surface area contributed by atoms with Gasteiger partial charge in [0.25, 0.3) is 0 Å². The lowest BCUT2D eigenvalue weighted by molar-refractivity contribution is 0.0691. The van der Waals surface area contributed by atoms with Crippen molar-refractivity contribution in [1.82, 2.24) is 4.98 Å². The molecule has 0 spiro atoms. The van der Waals surface area contributed by atoms with Crippen LogP contribution in [0.15, 0.2) is 47.8 Å². The fraction of sp³-hybridized carbons (Fsp3) is 0.176. The molecule has 21 heavy (non-hydrogen) atoms. The molecule has 0 saturated heterocycles. The van der Waals surface area contributed by atoms with Crippen LogP contribution in [0.25, 0.3) is 10.8 Å². The van der Waals surface area contributed by atoms with Gasteiger partial charge in [0, 0.05) is 10.8 Å². The molecule has 1 aromatic heterocycles. The quantitative estimate of drug-likeness (QED) is 0.792. The van der Waals surface area contributed by atoms with E-state index < -0.39 is 5.97 Å². The van der Waals surface area contributed by atoms with Crippen molar-refractivity contribution in [1.29, 1.82) is 0 Å². The molecule has 104 valence electrons. The second-order valence-corrected chi connectivity index (χ2v) is 6.31. The topological polar surface area (TPSA) is 50.2 Å². The Morgan fingerprint density at radius 1 is 1.14 bits per heavy atom. The number of hydrogen-bond donors (Lipinski definition) is 1. The van der Waals surface area contributed by atoms with Crippen LogP contribution in [0.5, 0.6) is 0 Å². The van der Waals surface area contributed by atoms with Gasteiger partial charge >= 0.3 is 5.97 Å². The number of rotatable bonds is 3. The van der Waals surface area contributed by atoms with Crippen LogP contribution in [0, 0.1) is 0 Å². The van der Waals surface area contributed by atoms with Crippen molar-refractivity contribution >= 4 is 28.1 Å². The molecule has 1 aliphatic rings. The average molecular weight is 295 g/mol. The van der Waals surface area contributed by atoms with Gasteiger partial charge in [-0.15, -0.1) is 11.3 Å². The van der Waals surface area contributed by atoms with Crippen molar-refractivity contribution < 1.29 is 9.90 Å². The van der Waals surface area contributed by atoms with Gasteiger partial charge in [-0.2, -0.15) is 0 Å². The first-order valence-corrected chi connectivity index (χ1v) is 7.76. The number of fused-ring (bicyclic) bond motifs is 1. The highest BCUT2D eigenvalue weighted by atomic mass is 32.1. The monoisotopic (exact) mass is 295 g/mol. The Morgan fingerprint density at radius 2 is 1.90 bits per heavy atom. The fourth-order valence-corrected chi connectivity index (χ4v) is 4.03. The van der Waals surface area contributed by atoms with Gasteiger partial charge in [0.2, 0.25) is 0 Å². The molecule has 3 nitrogen and oxygen atoms in total. The number of carboxylic acids is 1. The second-order valence-electron chi connectivity index (χ2n) is 5.45. The maximum absolute atomic E-state index is 11.1. The number of benzene rings is 2. The smallest absolute Gasteiger partial charge is 0.355 e. The average Bonchev–Trinajstić information content (AvgIpc) is 3.15. The highest BCUT2D eigenvalue weighted by Crippen LogP contribution is 2.55. The third kappa shape index (κ3) is 1.87. The van der Waals surface area contributed by atoms with E-state index in [9.17, 15) is 4.79 Å². The summed E-state index contributed by atoms with van der Waals surface area (Å²) in [4.78, 5) is 15.4. The molecule has 0 aliphatic heterocycles. The summed E-state index contributed by atoms with van der Waals surface area (Å²) in [6.07, 6.45) is 2.07. The van der Waals surface area contributed by atoms with E-state index in [1.807, 2.05) is 12.1 Å². The first kappa shape index (κ1) is 12.5. The van der Waals surface area contributed by atoms with E-state index in [-0.39, 0.29) is 11.1 Å². The largest absolute Gasteiger partial charge is 0.476 e. The number of carboxylic acid groups (broad SMARTS) is 1. The van der Waals surface area contributed by atoms with Crippen molar-refractivity contribution in [3.05, 3.63) is 64.1 Å². The summed E-state index contributed by atoms with van der Waals surface area (Å²) in [6, 6.07) is 14.7. The van der Waals surface area contributed by atoms with E-state index >= 15 is 0 Å². The van der Waals surface area contributed by atoms with Gasteiger partial charge in [-0.05, 0) is 29.2 Å². The number of aromatic carboxylic acids is 1. The molecule has 1 fully saturated rings. The van der Waals surface area contributed by atoms with E-state index in [1.165, 1.54) is 27.7 Å². The summed E-state index contributed by atoms with van der Waals surface area (Å²) in [7, 11) is 0. The van der Waals surface area contributed by atoms with Gasteiger partial charge in [-0.3, -0.25) is 0 Å². The minimum absolute atomic E-state index is 0.0841. The molecule has 0 radical (unpaired) electrons. The molecule has 1 saturated carbocycles. The Bertz CT molecular complexity index is 843. The molecular weight excluding hydrogens is 282 g/mol. The Hall–Kier alpha value is -2.20.